The summed E-state index contributed by atoms with van der Waals surface area (Å²) in [5.41, 5.74) is 1.52. The van der Waals surface area contributed by atoms with E-state index < -0.39 is 42.7 Å². The smallest absolute Gasteiger partial charge is 0.326 e. The molecule has 0 bridgehead atoms. The summed E-state index contributed by atoms with van der Waals surface area (Å²) in [6.07, 6.45) is -6.60. The van der Waals surface area contributed by atoms with Crippen LogP contribution in [0.2, 0.25) is 0 Å². The van der Waals surface area contributed by atoms with Gasteiger partial charge < -0.3 is 40.0 Å². The van der Waals surface area contributed by atoms with Crippen LogP contribution >= 0.6 is 0 Å². The second kappa shape index (κ2) is 11.3. The van der Waals surface area contributed by atoms with E-state index in [4.69, 9.17) is 14.0 Å². The lowest BCUT2D eigenvalue weighted by atomic mass is 9.99. The number of aliphatic hydroxyl groups excluding tert-OH is 3. The molecule has 4 rings (SSSR count). The average molecular weight is 514 g/mol. The van der Waals surface area contributed by atoms with Crippen molar-refractivity contribution in [2.45, 2.75) is 50.1 Å². The predicted molar refractivity (Wildman–Crippen MR) is 123 cm³/mol. The number of aliphatic hydroxyl groups is 3. The number of carbonyl (C=O) groups is 2. The maximum Gasteiger partial charge on any atom is 0.326 e. The Morgan fingerprint density at radius 2 is 1.76 bits per heavy atom. The molecule has 2 amide bonds. The summed E-state index contributed by atoms with van der Waals surface area (Å²) in [7, 11) is 0. The largest absolute Gasteiger partial charge is 0.547 e. The number of hydrogen-bond donors (Lipinski definition) is 5. The maximum absolute atomic E-state index is 12.1. The highest BCUT2D eigenvalue weighted by Crippen LogP contribution is 2.25. The minimum absolute atomic E-state index is 0.146. The quantitative estimate of drug-likeness (QED) is 0.241. The zero-order valence-corrected chi connectivity index (χ0v) is 19.6. The molecule has 0 radical (unpaired) electrons. The molecule has 1 aliphatic heterocycles. The fourth-order valence-corrected chi connectivity index (χ4v) is 3.73. The van der Waals surface area contributed by atoms with Crippen LogP contribution < -0.4 is 25.2 Å². The van der Waals surface area contributed by atoms with Crippen molar-refractivity contribution < 1.29 is 48.7 Å². The molecule has 2 aromatic carbocycles. The molecular formula is C24H26N4O9. The predicted octanol–water partition coefficient (Wildman–Crippen LogP) is -0.654. The Bertz CT molecular complexity index is 1200. The Hall–Kier alpha value is -4.04. The summed E-state index contributed by atoms with van der Waals surface area (Å²) in [6.45, 7) is 1.90. The molecule has 1 unspecified atom stereocenters. The number of benzene rings is 2. The van der Waals surface area contributed by atoms with E-state index in [0.717, 1.165) is 5.56 Å². The fraction of sp³-hybridized carbons (Fsp3) is 0.333. The van der Waals surface area contributed by atoms with E-state index in [0.29, 0.717) is 12.1 Å². The van der Waals surface area contributed by atoms with Crippen molar-refractivity contribution in [1.82, 2.24) is 5.27 Å². The number of amides is 2. The van der Waals surface area contributed by atoms with E-state index >= 15 is 0 Å². The number of nitrogens with zero attached hydrogens (tertiary/aromatic N) is 2. The van der Waals surface area contributed by atoms with Gasteiger partial charge in [0.1, 0.15) is 30.2 Å². The summed E-state index contributed by atoms with van der Waals surface area (Å²) in [5.74, 6) is -1.33. The van der Waals surface area contributed by atoms with E-state index in [-0.39, 0.29) is 17.7 Å². The van der Waals surface area contributed by atoms with Gasteiger partial charge in [0.15, 0.2) is 6.04 Å². The summed E-state index contributed by atoms with van der Waals surface area (Å²) in [6, 6.07) is 15.0. The zero-order valence-electron chi connectivity index (χ0n) is 19.6. The van der Waals surface area contributed by atoms with Gasteiger partial charge in [-0.25, -0.2) is 4.79 Å². The highest BCUT2D eigenvalue weighted by molar-refractivity contribution is 5.98. The van der Waals surface area contributed by atoms with Crippen LogP contribution in [0.25, 0.3) is 0 Å². The van der Waals surface area contributed by atoms with Gasteiger partial charge in [-0.3, -0.25) is 9.84 Å². The second-order valence-electron chi connectivity index (χ2n) is 8.52. The molecule has 6 atom stereocenters. The van der Waals surface area contributed by atoms with Gasteiger partial charge in [0.05, 0.1) is 5.97 Å². The van der Waals surface area contributed by atoms with E-state index in [2.05, 4.69) is 15.9 Å². The number of carbonyl (C=O) groups excluding carboxylic acids is 2. The SMILES string of the molecule is CC(Cc1ccc(O[C@@H]2O[C@H](C(=O)[O-])[C@@H](O)[C@H](O)[C@H]2O)cc1)[n+]1cc(NC(=O)Nc2ccccc2)on1. The first-order valence-corrected chi connectivity index (χ1v) is 11.4. The number of aliphatic carboxylic acids is 1. The molecular weight excluding hydrogens is 488 g/mol. The summed E-state index contributed by atoms with van der Waals surface area (Å²) in [4.78, 5) is 23.2. The molecule has 5 N–H and O–H groups in total. The van der Waals surface area contributed by atoms with E-state index in [9.17, 15) is 30.0 Å². The molecule has 3 aromatic rings. The topological polar surface area (TPSA) is 190 Å². The molecule has 0 aliphatic carbocycles. The molecule has 0 saturated carbocycles. The van der Waals surface area contributed by atoms with Gasteiger partial charge in [-0.15, -0.1) is 0 Å². The van der Waals surface area contributed by atoms with Crippen molar-refractivity contribution in [3.8, 4) is 5.75 Å². The molecule has 0 spiro atoms. The first-order valence-electron chi connectivity index (χ1n) is 11.4. The third-order valence-electron chi connectivity index (χ3n) is 5.71. The number of carboxylic acids is 1. The molecule has 1 aromatic heterocycles. The lowest BCUT2D eigenvalue weighted by molar-refractivity contribution is -0.782. The normalized spacial score (nSPS) is 24.2. The van der Waals surface area contributed by atoms with E-state index in [1.807, 2.05) is 13.0 Å². The molecule has 196 valence electrons. The number of rotatable bonds is 8. The lowest BCUT2D eigenvalue weighted by Crippen LogP contribution is -2.63. The van der Waals surface area contributed by atoms with Gasteiger partial charge in [-0.2, -0.15) is 0 Å². The van der Waals surface area contributed by atoms with Gasteiger partial charge >= 0.3 is 11.9 Å². The third kappa shape index (κ3) is 6.40. The van der Waals surface area contributed by atoms with Crippen LogP contribution in [0.4, 0.5) is 16.4 Å². The average Bonchev–Trinajstić information content (AvgIpc) is 3.34. The molecule has 1 saturated heterocycles. The molecule has 13 nitrogen and oxygen atoms in total. The van der Waals surface area contributed by atoms with Crippen molar-refractivity contribution in [3.05, 3.63) is 66.4 Å². The van der Waals surface area contributed by atoms with Crippen LogP contribution in [-0.2, 0) is 16.0 Å². The van der Waals surface area contributed by atoms with Crippen LogP contribution in [0.5, 0.6) is 5.75 Å². The van der Waals surface area contributed by atoms with Crippen LogP contribution in [0, 0.1) is 0 Å². The Morgan fingerprint density at radius 3 is 2.43 bits per heavy atom. The van der Waals surface area contributed by atoms with Gasteiger partial charge in [-0.05, 0) is 34.5 Å². The van der Waals surface area contributed by atoms with Crippen LogP contribution in [0.1, 0.15) is 18.5 Å². The molecule has 1 fully saturated rings. The van der Waals surface area contributed by atoms with Crippen molar-refractivity contribution in [2.75, 3.05) is 10.6 Å². The van der Waals surface area contributed by atoms with Gasteiger partial charge in [-0.1, -0.05) is 30.3 Å². The van der Waals surface area contributed by atoms with Crippen molar-refractivity contribution in [3.63, 3.8) is 0 Å². The highest BCUT2D eigenvalue weighted by Gasteiger charge is 2.45. The minimum Gasteiger partial charge on any atom is -0.547 e. The summed E-state index contributed by atoms with van der Waals surface area (Å²) < 4.78 is 17.3. The number of nitrogens with one attached hydrogen (secondary N) is 2. The van der Waals surface area contributed by atoms with Gasteiger partial charge in [0.2, 0.25) is 11.6 Å². The number of hydrogen-bond acceptors (Lipinski definition) is 10. The molecule has 1 aliphatic rings. The second-order valence-corrected chi connectivity index (χ2v) is 8.52. The Kier molecular flexibility index (Phi) is 7.98. The van der Waals surface area contributed by atoms with Crippen molar-refractivity contribution >= 4 is 23.6 Å². The number of urea groups is 1. The fourth-order valence-electron chi connectivity index (χ4n) is 3.73. The van der Waals surface area contributed by atoms with Crippen LogP contribution in [0.15, 0.2) is 65.3 Å². The first-order chi connectivity index (χ1) is 17.7. The monoisotopic (exact) mass is 514 g/mol. The maximum atomic E-state index is 12.1. The van der Waals surface area contributed by atoms with Gasteiger partial charge in [0.25, 0.3) is 6.20 Å². The van der Waals surface area contributed by atoms with Crippen molar-refractivity contribution in [1.29, 1.82) is 0 Å². The van der Waals surface area contributed by atoms with Crippen LogP contribution in [0.3, 0.4) is 0 Å². The van der Waals surface area contributed by atoms with E-state index in [1.54, 1.807) is 59.4 Å². The number of ether oxygens (including phenoxy) is 2. The van der Waals surface area contributed by atoms with Crippen LogP contribution in [-0.4, -0.2) is 63.3 Å². The molecule has 13 heteroatoms. The Balaban J connectivity index is 1.31. The Morgan fingerprint density at radius 1 is 1.05 bits per heavy atom. The van der Waals surface area contributed by atoms with Crippen molar-refractivity contribution in [2.24, 2.45) is 0 Å². The van der Waals surface area contributed by atoms with Gasteiger partial charge in [0, 0.05) is 19.0 Å². The Labute approximate surface area is 210 Å². The number of carboxylic acid groups (broad SMARTS) is 1. The highest BCUT2D eigenvalue weighted by atomic mass is 16.7. The summed E-state index contributed by atoms with van der Waals surface area (Å²) >= 11 is 0. The minimum atomic E-state index is -1.85. The number of para-hydroxylation sites is 1. The third-order valence-corrected chi connectivity index (χ3v) is 5.71. The lowest BCUT2D eigenvalue weighted by Gasteiger charge is -2.40. The standard InChI is InChI=1S/C24H26N4O9/c1-13(28-12-17(37-27-28)26-24(34)25-15-5-3-2-4-6-15)11-14-7-9-16(10-8-14)35-23-20(31)18(29)19(30)21(36-23)22(32)33/h2-10,12-13,18-21,23,29-31H,11H2,1H3,(H2-,25,26,27,32,33,34)/t13?,18-,19-,20+,21-,23+/m0/s1. The van der Waals surface area contributed by atoms with E-state index in [1.165, 1.54) is 0 Å². The number of aromatic nitrogens is 2. The molecule has 2 heterocycles. The first kappa shape index (κ1) is 26.0. The number of anilines is 2. The molecule has 37 heavy (non-hydrogen) atoms. The summed E-state index contributed by atoms with van der Waals surface area (Å²) in [5, 5.41) is 50.0. The zero-order chi connectivity index (χ0) is 26.5.